The predicted octanol–water partition coefficient (Wildman–Crippen LogP) is 4.44. The number of sulfonamides is 1. The molecular weight excluding hydrogens is 466 g/mol. The van der Waals surface area contributed by atoms with E-state index in [1.807, 2.05) is 19.1 Å². The molecule has 0 saturated carbocycles. The van der Waals surface area contributed by atoms with E-state index in [-0.39, 0.29) is 16.8 Å². The van der Waals surface area contributed by atoms with Crippen LogP contribution in [0, 0.1) is 0 Å². The highest BCUT2D eigenvalue weighted by Gasteiger charge is 2.25. The Morgan fingerprint density at radius 2 is 1.74 bits per heavy atom. The molecule has 3 aromatic rings. The topological polar surface area (TPSA) is 101 Å². The summed E-state index contributed by atoms with van der Waals surface area (Å²) in [5.74, 6) is 1.23. The molecule has 8 nitrogen and oxygen atoms in total. The lowest BCUT2D eigenvalue weighted by molar-refractivity contribution is 0.0914. The Hall–Kier alpha value is -3.30. The summed E-state index contributed by atoms with van der Waals surface area (Å²) in [4.78, 5) is 15.2. The van der Waals surface area contributed by atoms with E-state index in [2.05, 4.69) is 14.9 Å². The van der Waals surface area contributed by atoms with Gasteiger partial charge in [0.15, 0.2) is 0 Å². The van der Waals surface area contributed by atoms with Crippen molar-refractivity contribution in [1.82, 2.24) is 10.2 Å². The van der Waals surface area contributed by atoms with E-state index in [1.54, 1.807) is 30.5 Å². The summed E-state index contributed by atoms with van der Waals surface area (Å²) in [6.07, 6.45) is 5.13. The van der Waals surface area contributed by atoms with Gasteiger partial charge in [-0.3, -0.25) is 14.4 Å². The van der Waals surface area contributed by atoms with Crippen molar-refractivity contribution in [2.75, 3.05) is 31.0 Å². The second-order valence-electron chi connectivity index (χ2n) is 8.43. The van der Waals surface area contributed by atoms with E-state index in [9.17, 15) is 13.2 Å². The first kappa shape index (κ1) is 24.8. The summed E-state index contributed by atoms with van der Waals surface area (Å²) in [5, 5.41) is 2.98. The number of piperidine rings is 1. The van der Waals surface area contributed by atoms with Crippen molar-refractivity contribution < 1.29 is 22.4 Å². The van der Waals surface area contributed by atoms with E-state index in [0.29, 0.717) is 30.2 Å². The monoisotopic (exact) mass is 497 g/mol. The van der Waals surface area contributed by atoms with Crippen molar-refractivity contribution in [2.24, 2.45) is 0 Å². The van der Waals surface area contributed by atoms with Gasteiger partial charge in [-0.1, -0.05) is 6.42 Å². The molecule has 186 valence electrons. The highest BCUT2D eigenvalue weighted by Crippen LogP contribution is 2.25. The molecule has 0 aliphatic carbocycles. The molecule has 1 aliphatic rings. The van der Waals surface area contributed by atoms with E-state index in [1.165, 1.54) is 30.7 Å². The van der Waals surface area contributed by atoms with Crippen molar-refractivity contribution in [3.05, 3.63) is 78.3 Å². The van der Waals surface area contributed by atoms with Crippen molar-refractivity contribution in [3.63, 3.8) is 0 Å². The SMILES string of the molecule is CCOc1ccc(NS(=O)(=O)c2ccc(C(=O)NC[C@H](c3ccco3)N3CCCCC3)cc2)cc1. The molecule has 35 heavy (non-hydrogen) atoms. The van der Waals surface area contributed by atoms with Crippen molar-refractivity contribution >= 4 is 21.6 Å². The normalized spacial score (nSPS) is 15.3. The van der Waals surface area contributed by atoms with Crippen LogP contribution in [0.3, 0.4) is 0 Å². The van der Waals surface area contributed by atoms with Crippen LogP contribution in [0.2, 0.25) is 0 Å². The average molecular weight is 498 g/mol. The number of nitrogens with one attached hydrogen (secondary N) is 2. The molecule has 2 heterocycles. The Kier molecular flexibility index (Phi) is 8.09. The Bertz CT molecular complexity index is 1190. The van der Waals surface area contributed by atoms with Gasteiger partial charge < -0.3 is 14.5 Å². The average Bonchev–Trinajstić information content (AvgIpc) is 3.41. The van der Waals surface area contributed by atoms with Gasteiger partial charge in [0.1, 0.15) is 11.5 Å². The lowest BCUT2D eigenvalue weighted by Gasteiger charge is -2.33. The third-order valence-electron chi connectivity index (χ3n) is 6.00. The number of carbonyl (C=O) groups excluding carboxylic acids is 1. The maximum Gasteiger partial charge on any atom is 0.261 e. The van der Waals surface area contributed by atoms with Gasteiger partial charge in [-0.05, 0) is 93.5 Å². The number of hydrogen-bond acceptors (Lipinski definition) is 6. The van der Waals surface area contributed by atoms with Crippen LogP contribution in [-0.2, 0) is 10.0 Å². The first-order valence-electron chi connectivity index (χ1n) is 11.9. The number of hydrogen-bond donors (Lipinski definition) is 2. The Morgan fingerprint density at radius 3 is 2.37 bits per heavy atom. The zero-order chi connectivity index (χ0) is 24.7. The van der Waals surface area contributed by atoms with E-state index >= 15 is 0 Å². The molecule has 0 spiro atoms. The summed E-state index contributed by atoms with van der Waals surface area (Å²) in [6.45, 7) is 4.76. The molecule has 1 aliphatic heterocycles. The number of anilines is 1. The summed E-state index contributed by atoms with van der Waals surface area (Å²) in [6, 6.07) is 16.3. The predicted molar refractivity (Wildman–Crippen MR) is 134 cm³/mol. The van der Waals surface area contributed by atoms with Gasteiger partial charge in [0.05, 0.1) is 23.8 Å². The van der Waals surface area contributed by atoms with Gasteiger partial charge in [-0.15, -0.1) is 0 Å². The molecule has 1 aromatic heterocycles. The van der Waals surface area contributed by atoms with Crippen LogP contribution in [0.4, 0.5) is 5.69 Å². The summed E-state index contributed by atoms with van der Waals surface area (Å²) in [5.41, 5.74) is 0.818. The Labute approximate surface area is 206 Å². The fourth-order valence-corrected chi connectivity index (χ4v) is 5.26. The molecule has 4 rings (SSSR count). The van der Waals surface area contributed by atoms with E-state index in [4.69, 9.17) is 9.15 Å². The van der Waals surface area contributed by atoms with Crippen LogP contribution in [0.15, 0.2) is 76.2 Å². The van der Waals surface area contributed by atoms with E-state index in [0.717, 1.165) is 31.7 Å². The fourth-order valence-electron chi connectivity index (χ4n) is 4.20. The molecule has 1 amide bonds. The smallest absolute Gasteiger partial charge is 0.261 e. The third-order valence-corrected chi connectivity index (χ3v) is 7.40. The molecular formula is C26H31N3O5S. The minimum absolute atomic E-state index is 0.0350. The molecule has 2 aromatic carbocycles. The fraction of sp³-hybridized carbons (Fsp3) is 0.346. The standard InChI is InChI=1S/C26H31N3O5S/c1-2-33-22-12-10-21(11-13-22)28-35(31,32)23-14-8-20(9-15-23)26(30)27-19-24(25-7-6-18-34-25)29-16-4-3-5-17-29/h6-15,18,24,28H,2-5,16-17,19H2,1H3,(H,27,30)/t24-/m1/s1. The summed E-state index contributed by atoms with van der Waals surface area (Å²) in [7, 11) is -3.79. The first-order valence-corrected chi connectivity index (χ1v) is 13.4. The van der Waals surface area contributed by atoms with Crippen molar-refractivity contribution in [1.29, 1.82) is 0 Å². The maximum absolute atomic E-state index is 12.8. The molecule has 0 radical (unpaired) electrons. The highest BCUT2D eigenvalue weighted by molar-refractivity contribution is 7.92. The zero-order valence-corrected chi connectivity index (χ0v) is 20.6. The minimum Gasteiger partial charge on any atom is -0.494 e. The van der Waals surface area contributed by atoms with Gasteiger partial charge in [-0.2, -0.15) is 0 Å². The molecule has 0 unspecified atom stereocenters. The Balaban J connectivity index is 1.38. The number of furan rings is 1. The number of likely N-dealkylation sites (tertiary alicyclic amines) is 1. The summed E-state index contributed by atoms with van der Waals surface area (Å²) >= 11 is 0. The minimum atomic E-state index is -3.79. The molecule has 2 N–H and O–H groups in total. The van der Waals surface area contributed by atoms with Crippen LogP contribution in [0.25, 0.3) is 0 Å². The summed E-state index contributed by atoms with van der Waals surface area (Å²) < 4.78 is 39.1. The second kappa shape index (κ2) is 11.4. The van der Waals surface area contributed by atoms with Crippen LogP contribution in [0.5, 0.6) is 5.75 Å². The maximum atomic E-state index is 12.8. The second-order valence-corrected chi connectivity index (χ2v) is 10.1. The number of carbonyl (C=O) groups is 1. The Morgan fingerprint density at radius 1 is 1.03 bits per heavy atom. The number of amides is 1. The molecule has 1 fully saturated rings. The molecule has 0 bridgehead atoms. The first-order chi connectivity index (χ1) is 17.0. The lowest BCUT2D eigenvalue weighted by Crippen LogP contribution is -2.40. The molecule has 1 saturated heterocycles. The van der Waals surface area contributed by atoms with Gasteiger partial charge in [0, 0.05) is 17.8 Å². The van der Waals surface area contributed by atoms with E-state index < -0.39 is 10.0 Å². The zero-order valence-electron chi connectivity index (χ0n) is 19.8. The van der Waals surface area contributed by atoms with Gasteiger partial charge in [-0.25, -0.2) is 8.42 Å². The highest BCUT2D eigenvalue weighted by atomic mass is 32.2. The quantitative estimate of drug-likeness (QED) is 0.430. The number of benzene rings is 2. The van der Waals surface area contributed by atoms with Crippen molar-refractivity contribution in [2.45, 2.75) is 37.1 Å². The number of rotatable bonds is 10. The van der Waals surface area contributed by atoms with Gasteiger partial charge in [0.2, 0.25) is 0 Å². The number of ether oxygens (including phenoxy) is 1. The largest absolute Gasteiger partial charge is 0.494 e. The lowest BCUT2D eigenvalue weighted by atomic mass is 10.1. The molecule has 1 atom stereocenters. The third kappa shape index (κ3) is 6.43. The van der Waals surface area contributed by atoms with Crippen LogP contribution in [-0.4, -0.2) is 45.5 Å². The van der Waals surface area contributed by atoms with Crippen LogP contribution < -0.4 is 14.8 Å². The van der Waals surface area contributed by atoms with Crippen LogP contribution >= 0.6 is 0 Å². The molecule has 9 heteroatoms. The van der Waals surface area contributed by atoms with Gasteiger partial charge >= 0.3 is 0 Å². The van der Waals surface area contributed by atoms with Crippen LogP contribution in [0.1, 0.15) is 48.3 Å². The van der Waals surface area contributed by atoms with Gasteiger partial charge in [0.25, 0.3) is 15.9 Å². The van der Waals surface area contributed by atoms with Crippen molar-refractivity contribution in [3.8, 4) is 5.75 Å². The number of nitrogens with zero attached hydrogens (tertiary/aromatic N) is 1.